The first-order valence-electron chi connectivity index (χ1n) is 9.00. The van der Waals surface area contributed by atoms with Gasteiger partial charge in [0.2, 0.25) is 15.9 Å². The Bertz CT molecular complexity index is 994. The first-order chi connectivity index (χ1) is 12.7. The third-order valence-corrected chi connectivity index (χ3v) is 6.30. The zero-order chi connectivity index (χ0) is 19.8. The Morgan fingerprint density at radius 2 is 2.19 bits per heavy atom. The van der Waals surface area contributed by atoms with Gasteiger partial charge in [0.1, 0.15) is 0 Å². The van der Waals surface area contributed by atoms with Gasteiger partial charge >= 0.3 is 0 Å². The molecule has 0 spiro atoms. The van der Waals surface area contributed by atoms with Crippen molar-refractivity contribution in [1.82, 2.24) is 9.71 Å². The smallest absolute Gasteiger partial charge is 0.233 e. The van der Waals surface area contributed by atoms with Crippen molar-refractivity contribution < 1.29 is 13.2 Å². The number of benzene rings is 1. The molecule has 1 fully saturated rings. The fourth-order valence-electron chi connectivity index (χ4n) is 3.80. The Hall–Kier alpha value is -2.32. The molecule has 0 aliphatic carbocycles. The molecule has 1 aromatic heterocycles. The van der Waals surface area contributed by atoms with E-state index in [4.69, 9.17) is 5.73 Å². The monoisotopic (exact) mass is 390 g/mol. The molecule has 7 nitrogen and oxygen atoms in total. The van der Waals surface area contributed by atoms with E-state index in [1.807, 2.05) is 26.0 Å². The van der Waals surface area contributed by atoms with E-state index >= 15 is 0 Å². The molecule has 2 heterocycles. The summed E-state index contributed by atoms with van der Waals surface area (Å²) in [5.74, 6) is -0.370. The number of carbonyl (C=O) groups excluding carboxylic acids is 1. The molecule has 1 atom stereocenters. The summed E-state index contributed by atoms with van der Waals surface area (Å²) in [4.78, 5) is 17.0. The third kappa shape index (κ3) is 4.01. The fraction of sp³-hybridized carbons (Fsp3) is 0.421. The van der Waals surface area contributed by atoms with Crippen molar-refractivity contribution in [3.8, 4) is 0 Å². The van der Waals surface area contributed by atoms with Crippen LogP contribution in [0.3, 0.4) is 0 Å². The van der Waals surface area contributed by atoms with Gasteiger partial charge in [0, 0.05) is 41.3 Å². The first kappa shape index (κ1) is 19.4. The number of nitrogens with zero attached hydrogens (tertiary/aromatic N) is 1. The van der Waals surface area contributed by atoms with E-state index in [9.17, 15) is 13.2 Å². The van der Waals surface area contributed by atoms with Crippen molar-refractivity contribution in [2.75, 3.05) is 18.0 Å². The summed E-state index contributed by atoms with van der Waals surface area (Å²) in [6.45, 7) is 8.84. The highest BCUT2D eigenvalue weighted by atomic mass is 32.2. The van der Waals surface area contributed by atoms with Gasteiger partial charge in [-0.1, -0.05) is 12.6 Å². The quantitative estimate of drug-likeness (QED) is 0.699. The van der Waals surface area contributed by atoms with Crippen LogP contribution >= 0.6 is 0 Å². The van der Waals surface area contributed by atoms with Gasteiger partial charge in [-0.15, -0.1) is 0 Å². The van der Waals surface area contributed by atoms with Gasteiger partial charge in [-0.25, -0.2) is 13.1 Å². The molecule has 1 aromatic carbocycles. The lowest BCUT2D eigenvalue weighted by atomic mass is 10.0. The maximum atomic E-state index is 11.8. The van der Waals surface area contributed by atoms with Crippen LogP contribution < -0.4 is 15.4 Å². The van der Waals surface area contributed by atoms with Crippen molar-refractivity contribution >= 4 is 32.5 Å². The van der Waals surface area contributed by atoms with Gasteiger partial charge in [0.15, 0.2) is 0 Å². The van der Waals surface area contributed by atoms with Crippen LogP contribution in [0.4, 0.5) is 5.69 Å². The molecule has 1 unspecified atom stereocenters. The molecular weight excluding hydrogens is 364 g/mol. The predicted octanol–water partition coefficient (Wildman–Crippen LogP) is 1.84. The lowest BCUT2D eigenvalue weighted by Crippen LogP contribution is -2.47. The molecule has 0 bridgehead atoms. The zero-order valence-corrected chi connectivity index (χ0v) is 16.5. The highest BCUT2D eigenvalue weighted by molar-refractivity contribution is 7.92. The zero-order valence-electron chi connectivity index (χ0n) is 15.7. The number of nitrogens with two attached hydrogens (primary N) is 1. The minimum atomic E-state index is -3.46. The molecule has 3 rings (SSSR count). The average molecular weight is 391 g/mol. The fourth-order valence-corrected chi connectivity index (χ4v) is 4.55. The largest absolute Gasteiger partial charge is 0.369 e. The number of anilines is 1. The third-order valence-electron chi connectivity index (χ3n) is 5.20. The van der Waals surface area contributed by atoms with Crippen molar-refractivity contribution in [2.24, 2.45) is 5.73 Å². The number of sulfonamides is 1. The number of hydrogen-bond donors (Lipinski definition) is 3. The average Bonchev–Trinajstić information content (AvgIpc) is 2.91. The van der Waals surface area contributed by atoms with Gasteiger partial charge in [-0.3, -0.25) is 4.79 Å². The number of nitrogens with one attached hydrogen (secondary N) is 2. The number of piperidine rings is 1. The Morgan fingerprint density at radius 1 is 1.44 bits per heavy atom. The minimum Gasteiger partial charge on any atom is -0.369 e. The van der Waals surface area contributed by atoms with Crippen LogP contribution in [0, 0.1) is 13.8 Å². The molecule has 146 valence electrons. The van der Waals surface area contributed by atoms with Crippen molar-refractivity contribution in [3.63, 3.8) is 0 Å². The summed E-state index contributed by atoms with van der Waals surface area (Å²) < 4.78 is 26.4. The number of rotatable bonds is 6. The molecule has 2 aromatic rings. The number of aryl methyl sites for hydroxylation is 2. The van der Waals surface area contributed by atoms with E-state index < -0.39 is 10.0 Å². The van der Waals surface area contributed by atoms with Crippen LogP contribution in [0.2, 0.25) is 0 Å². The molecule has 1 saturated heterocycles. The van der Waals surface area contributed by atoms with Crippen LogP contribution in [0.25, 0.3) is 10.9 Å². The molecule has 1 aliphatic rings. The number of hydrogen-bond acceptors (Lipinski definition) is 4. The van der Waals surface area contributed by atoms with Crippen LogP contribution in [0.5, 0.6) is 0 Å². The number of aromatic amines is 1. The topological polar surface area (TPSA) is 108 Å². The summed E-state index contributed by atoms with van der Waals surface area (Å²) in [5, 5.41) is 2.01. The summed E-state index contributed by atoms with van der Waals surface area (Å²) in [6.07, 6.45) is 1.85. The van der Waals surface area contributed by atoms with Gasteiger partial charge < -0.3 is 15.6 Å². The highest BCUT2D eigenvalue weighted by Gasteiger charge is 2.25. The molecule has 8 heteroatoms. The number of carbonyl (C=O) groups is 1. The number of primary amides is 1. The molecule has 0 saturated carbocycles. The highest BCUT2D eigenvalue weighted by Crippen LogP contribution is 2.35. The SMILES string of the molecule is C=CS(=O)(=O)NC1CCCN(c2ccc(CC(N)=O)c3[nH]c(C)c(C)c23)C1. The van der Waals surface area contributed by atoms with Crippen molar-refractivity contribution in [2.45, 2.75) is 39.2 Å². The van der Waals surface area contributed by atoms with E-state index in [0.29, 0.717) is 6.54 Å². The summed E-state index contributed by atoms with van der Waals surface area (Å²) in [7, 11) is -3.46. The van der Waals surface area contributed by atoms with Gasteiger partial charge in [0.25, 0.3) is 0 Å². The van der Waals surface area contributed by atoms with Crippen LogP contribution in [0.15, 0.2) is 24.1 Å². The maximum absolute atomic E-state index is 11.8. The minimum absolute atomic E-state index is 0.164. The van der Waals surface area contributed by atoms with E-state index in [-0.39, 0.29) is 18.4 Å². The number of H-pyrrole nitrogens is 1. The Labute approximate surface area is 159 Å². The Morgan fingerprint density at radius 3 is 2.85 bits per heavy atom. The summed E-state index contributed by atoms with van der Waals surface area (Å²) in [6, 6.07) is 3.77. The lowest BCUT2D eigenvalue weighted by molar-refractivity contribution is -0.117. The summed E-state index contributed by atoms with van der Waals surface area (Å²) in [5.41, 5.74) is 10.4. The standard InChI is InChI=1S/C19H26N4O3S/c1-4-27(25,26)22-15-6-5-9-23(11-15)16-8-7-14(10-17(20)24)19-18(16)12(2)13(3)21-19/h4,7-8,15,21-22H,1,5-6,9-11H2,2-3H3,(H2,20,24). The molecular formula is C19H26N4O3S. The predicted molar refractivity (Wildman–Crippen MR) is 108 cm³/mol. The van der Waals surface area contributed by atoms with Crippen molar-refractivity contribution in [1.29, 1.82) is 0 Å². The second-order valence-electron chi connectivity index (χ2n) is 7.13. The molecule has 1 amide bonds. The van der Waals surface area contributed by atoms with Gasteiger partial charge in [-0.05, 0) is 43.9 Å². The number of amides is 1. The normalized spacial score (nSPS) is 18.0. The van der Waals surface area contributed by atoms with E-state index in [1.165, 1.54) is 0 Å². The van der Waals surface area contributed by atoms with Crippen LogP contribution in [0.1, 0.15) is 29.7 Å². The molecule has 27 heavy (non-hydrogen) atoms. The second-order valence-corrected chi connectivity index (χ2v) is 8.79. The van der Waals surface area contributed by atoms with E-state index in [2.05, 4.69) is 21.2 Å². The lowest BCUT2D eigenvalue weighted by Gasteiger charge is -2.35. The van der Waals surface area contributed by atoms with E-state index in [1.54, 1.807) is 0 Å². The Kier molecular flexibility index (Phi) is 5.30. The first-order valence-corrected chi connectivity index (χ1v) is 10.5. The number of aromatic nitrogens is 1. The molecule has 1 aliphatic heterocycles. The van der Waals surface area contributed by atoms with Crippen LogP contribution in [-0.2, 0) is 21.2 Å². The maximum Gasteiger partial charge on any atom is 0.233 e. The Balaban J connectivity index is 1.99. The molecule has 4 N–H and O–H groups in total. The van der Waals surface area contributed by atoms with Gasteiger partial charge in [0.05, 0.1) is 11.9 Å². The van der Waals surface area contributed by atoms with Gasteiger partial charge in [-0.2, -0.15) is 0 Å². The summed E-state index contributed by atoms with van der Waals surface area (Å²) >= 11 is 0. The van der Waals surface area contributed by atoms with E-state index in [0.717, 1.165) is 58.2 Å². The second kappa shape index (κ2) is 7.36. The van der Waals surface area contributed by atoms with Crippen molar-refractivity contribution in [3.05, 3.63) is 40.9 Å². The van der Waals surface area contributed by atoms with Crippen LogP contribution in [-0.4, -0.2) is 38.4 Å². The molecule has 0 radical (unpaired) electrons. The number of fused-ring (bicyclic) bond motifs is 1.